The summed E-state index contributed by atoms with van der Waals surface area (Å²) in [5.41, 5.74) is 0.854. The van der Waals surface area contributed by atoms with Gasteiger partial charge in [-0.2, -0.15) is 0 Å². The van der Waals surface area contributed by atoms with Crippen molar-refractivity contribution in [3.63, 3.8) is 0 Å². The zero-order valence-electron chi connectivity index (χ0n) is 15.4. The van der Waals surface area contributed by atoms with Gasteiger partial charge >= 0.3 is 0 Å². The van der Waals surface area contributed by atoms with E-state index in [-0.39, 0.29) is 27.6 Å². The van der Waals surface area contributed by atoms with Crippen LogP contribution in [-0.4, -0.2) is 16.7 Å². The number of hydrogen-bond acceptors (Lipinski definition) is 3. The predicted molar refractivity (Wildman–Crippen MR) is 118 cm³/mol. The molecular weight excluding hydrogens is 444 g/mol. The zero-order valence-corrected chi connectivity index (χ0v) is 17.8. The van der Waals surface area contributed by atoms with E-state index in [9.17, 15) is 14.0 Å². The lowest BCUT2D eigenvalue weighted by Crippen LogP contribution is -2.31. The second kappa shape index (κ2) is 8.64. The molecule has 0 spiro atoms. The maximum atomic E-state index is 14.2. The number of amides is 2. The topological polar surface area (TPSA) is 37.4 Å². The van der Waals surface area contributed by atoms with Gasteiger partial charge in [0.2, 0.25) is 0 Å². The van der Waals surface area contributed by atoms with Gasteiger partial charge in [0.05, 0.1) is 22.0 Å². The fourth-order valence-electron chi connectivity index (χ4n) is 3.13. The zero-order chi connectivity index (χ0) is 21.3. The van der Waals surface area contributed by atoms with E-state index < -0.39 is 17.6 Å². The predicted octanol–water partition coefficient (Wildman–Crippen LogP) is 6.20. The lowest BCUT2D eigenvalue weighted by Gasteiger charge is -2.16. The molecule has 0 fully saturated rings. The summed E-state index contributed by atoms with van der Waals surface area (Å²) in [6, 6.07) is 20.0. The van der Waals surface area contributed by atoms with Crippen molar-refractivity contribution in [1.29, 1.82) is 0 Å². The Morgan fingerprint density at radius 3 is 2.27 bits per heavy atom. The Morgan fingerprint density at radius 1 is 0.867 bits per heavy atom. The monoisotopic (exact) mass is 457 g/mol. The van der Waals surface area contributed by atoms with E-state index in [1.807, 2.05) is 30.3 Å². The molecule has 0 aliphatic carbocycles. The van der Waals surface area contributed by atoms with Gasteiger partial charge in [-0.05, 0) is 30.3 Å². The number of carbonyl (C=O) groups is 2. The summed E-state index contributed by atoms with van der Waals surface area (Å²) >= 11 is 13.5. The van der Waals surface area contributed by atoms with Crippen molar-refractivity contribution >= 4 is 52.4 Å². The molecule has 4 rings (SSSR count). The molecule has 0 N–H and O–H groups in total. The third-order valence-corrected chi connectivity index (χ3v) is 6.21. The van der Waals surface area contributed by atoms with Crippen molar-refractivity contribution in [2.24, 2.45) is 0 Å². The van der Waals surface area contributed by atoms with E-state index >= 15 is 0 Å². The molecule has 3 aromatic carbocycles. The minimum atomic E-state index is -0.522. The van der Waals surface area contributed by atoms with Gasteiger partial charge in [-0.1, -0.05) is 77.4 Å². The number of benzene rings is 3. The molecule has 7 heteroatoms. The Labute approximate surface area is 187 Å². The number of rotatable bonds is 5. The Kier molecular flexibility index (Phi) is 5.95. The molecule has 0 atom stereocenters. The molecule has 0 saturated carbocycles. The molecule has 3 nitrogen and oxygen atoms in total. The minimum absolute atomic E-state index is 0.169. The third-order valence-electron chi connectivity index (χ3n) is 4.58. The van der Waals surface area contributed by atoms with E-state index in [1.165, 1.54) is 23.9 Å². The molecule has 0 bridgehead atoms. The molecule has 1 heterocycles. The van der Waals surface area contributed by atoms with Crippen LogP contribution in [0.15, 0.2) is 82.6 Å². The van der Waals surface area contributed by atoms with E-state index in [2.05, 4.69) is 0 Å². The Hall–Kier alpha value is -2.60. The highest BCUT2D eigenvalue weighted by molar-refractivity contribution is 8.04. The van der Waals surface area contributed by atoms with Gasteiger partial charge in [0.25, 0.3) is 11.8 Å². The van der Waals surface area contributed by atoms with Crippen LogP contribution in [0.1, 0.15) is 11.1 Å². The standard InChI is InChI=1S/C23H14Cl2FNO2S/c24-15-10-11-17(18(25)12-15)20-21(30-16-7-2-1-3-8-16)23(29)27(22(20)28)13-14-6-4-5-9-19(14)26/h1-12H,13H2. The largest absolute Gasteiger partial charge is 0.269 e. The second-order valence-corrected chi connectivity index (χ2v) is 8.46. The van der Waals surface area contributed by atoms with Crippen molar-refractivity contribution in [2.75, 3.05) is 0 Å². The summed E-state index contributed by atoms with van der Waals surface area (Å²) in [6.45, 7) is -0.169. The van der Waals surface area contributed by atoms with Gasteiger partial charge in [-0.15, -0.1) is 0 Å². The fourth-order valence-corrected chi connectivity index (χ4v) is 4.65. The van der Waals surface area contributed by atoms with Gasteiger partial charge < -0.3 is 0 Å². The first-order chi connectivity index (χ1) is 14.5. The summed E-state index contributed by atoms with van der Waals surface area (Å²) in [6.07, 6.45) is 0. The first-order valence-electron chi connectivity index (χ1n) is 8.98. The lowest BCUT2D eigenvalue weighted by atomic mass is 10.1. The first-order valence-corrected chi connectivity index (χ1v) is 10.5. The van der Waals surface area contributed by atoms with Gasteiger partial charge in [-0.3, -0.25) is 14.5 Å². The van der Waals surface area contributed by atoms with Crippen molar-refractivity contribution in [3.05, 3.63) is 105 Å². The average molecular weight is 458 g/mol. The molecular formula is C23H14Cl2FNO2S. The van der Waals surface area contributed by atoms with Crippen LogP contribution >= 0.6 is 35.0 Å². The lowest BCUT2D eigenvalue weighted by molar-refractivity contribution is -0.137. The average Bonchev–Trinajstić information content (AvgIpc) is 2.95. The van der Waals surface area contributed by atoms with Crippen LogP contribution in [0.4, 0.5) is 4.39 Å². The SMILES string of the molecule is O=C1C(Sc2ccccc2)=C(c2ccc(Cl)cc2Cl)C(=O)N1Cc1ccccc1F. The Balaban J connectivity index is 1.79. The molecule has 30 heavy (non-hydrogen) atoms. The van der Waals surface area contributed by atoms with Crippen molar-refractivity contribution in [1.82, 2.24) is 4.90 Å². The van der Waals surface area contributed by atoms with Gasteiger partial charge in [0, 0.05) is 21.0 Å². The van der Waals surface area contributed by atoms with E-state index in [1.54, 1.807) is 30.3 Å². The molecule has 0 unspecified atom stereocenters. The van der Waals surface area contributed by atoms with Crippen LogP contribution in [0.5, 0.6) is 0 Å². The van der Waals surface area contributed by atoms with Crippen molar-refractivity contribution in [3.8, 4) is 0 Å². The normalized spacial score (nSPS) is 14.0. The molecule has 1 aliphatic heterocycles. The minimum Gasteiger partial charge on any atom is -0.269 e. The molecule has 150 valence electrons. The molecule has 0 saturated heterocycles. The highest BCUT2D eigenvalue weighted by Gasteiger charge is 2.40. The van der Waals surface area contributed by atoms with Crippen LogP contribution in [0.25, 0.3) is 5.57 Å². The summed E-state index contributed by atoms with van der Waals surface area (Å²) < 4.78 is 14.2. The van der Waals surface area contributed by atoms with Crippen molar-refractivity contribution < 1.29 is 14.0 Å². The molecule has 3 aromatic rings. The van der Waals surface area contributed by atoms with Gasteiger partial charge in [0.1, 0.15) is 5.82 Å². The maximum Gasteiger partial charge on any atom is 0.268 e. The molecule has 1 aliphatic rings. The first kappa shape index (κ1) is 20.7. The highest BCUT2D eigenvalue weighted by Crippen LogP contribution is 2.42. The Morgan fingerprint density at radius 2 is 1.57 bits per heavy atom. The van der Waals surface area contributed by atoms with Gasteiger partial charge in [0.15, 0.2) is 0 Å². The number of imide groups is 1. The van der Waals surface area contributed by atoms with E-state index in [0.717, 1.165) is 9.80 Å². The second-order valence-electron chi connectivity index (χ2n) is 6.53. The van der Waals surface area contributed by atoms with Crippen LogP contribution < -0.4 is 0 Å². The van der Waals surface area contributed by atoms with Crippen LogP contribution in [0.3, 0.4) is 0 Å². The summed E-state index contributed by atoms with van der Waals surface area (Å²) in [7, 11) is 0. The maximum absolute atomic E-state index is 14.2. The summed E-state index contributed by atoms with van der Waals surface area (Å²) in [5.74, 6) is -1.49. The number of thioether (sulfide) groups is 1. The third kappa shape index (κ3) is 4.01. The van der Waals surface area contributed by atoms with E-state index in [0.29, 0.717) is 10.6 Å². The highest BCUT2D eigenvalue weighted by atomic mass is 35.5. The molecule has 0 aromatic heterocycles. The van der Waals surface area contributed by atoms with Crippen LogP contribution in [0, 0.1) is 5.82 Å². The fraction of sp³-hybridized carbons (Fsp3) is 0.0435. The Bertz CT molecular complexity index is 1180. The van der Waals surface area contributed by atoms with Crippen LogP contribution in [0.2, 0.25) is 10.0 Å². The molecule has 2 amide bonds. The smallest absolute Gasteiger partial charge is 0.268 e. The summed E-state index contributed by atoms with van der Waals surface area (Å²) in [4.78, 5) is 28.6. The quantitative estimate of drug-likeness (QED) is 0.427. The number of hydrogen-bond donors (Lipinski definition) is 0. The number of halogens is 3. The number of nitrogens with zero attached hydrogens (tertiary/aromatic N) is 1. The van der Waals surface area contributed by atoms with Crippen LogP contribution in [-0.2, 0) is 16.1 Å². The number of carbonyl (C=O) groups excluding carboxylic acids is 2. The van der Waals surface area contributed by atoms with E-state index in [4.69, 9.17) is 23.2 Å². The van der Waals surface area contributed by atoms with Crippen molar-refractivity contribution in [2.45, 2.75) is 11.4 Å². The molecule has 0 radical (unpaired) electrons. The van der Waals surface area contributed by atoms with Gasteiger partial charge in [-0.25, -0.2) is 4.39 Å². The summed E-state index contributed by atoms with van der Waals surface area (Å²) in [5, 5.41) is 0.680.